The minimum atomic E-state index is 0.278. The van der Waals surface area contributed by atoms with Crippen LogP contribution in [0.15, 0.2) is 24.3 Å². The highest BCUT2D eigenvalue weighted by Crippen LogP contribution is 2.40. The molecule has 0 bridgehead atoms. The maximum absolute atomic E-state index is 6.20. The number of rotatable bonds is 4. The number of thiophene rings is 1. The molecule has 3 aromatic rings. The Morgan fingerprint density at radius 1 is 1.16 bits per heavy atom. The first-order valence-corrected chi connectivity index (χ1v) is 9.92. The molecule has 6 heteroatoms. The van der Waals surface area contributed by atoms with Crippen molar-refractivity contribution in [1.82, 2.24) is 9.97 Å². The van der Waals surface area contributed by atoms with Crippen molar-refractivity contribution >= 4 is 44.7 Å². The SMILES string of the molecule is CCOc1ccccc1Nc1nc(Cl)nc2sc3c(c12)CCCCC3. The Balaban J connectivity index is 1.83. The predicted octanol–water partition coefficient (Wildman–Crippen LogP) is 5.76. The number of hydrogen-bond acceptors (Lipinski definition) is 5. The van der Waals surface area contributed by atoms with Crippen LogP contribution < -0.4 is 10.1 Å². The second-order valence-corrected chi connectivity index (χ2v) is 7.56. The molecule has 2 heterocycles. The number of benzene rings is 1. The van der Waals surface area contributed by atoms with Gasteiger partial charge in [0.1, 0.15) is 16.4 Å². The number of fused-ring (bicyclic) bond motifs is 3. The van der Waals surface area contributed by atoms with Gasteiger partial charge in [-0.25, -0.2) is 4.98 Å². The molecule has 0 spiro atoms. The highest BCUT2D eigenvalue weighted by Gasteiger charge is 2.20. The van der Waals surface area contributed by atoms with Gasteiger partial charge < -0.3 is 10.1 Å². The molecule has 4 rings (SSSR count). The van der Waals surface area contributed by atoms with Gasteiger partial charge in [-0.1, -0.05) is 18.6 Å². The summed E-state index contributed by atoms with van der Waals surface area (Å²) in [6, 6.07) is 7.91. The average molecular weight is 374 g/mol. The molecule has 25 heavy (non-hydrogen) atoms. The number of hydrogen-bond donors (Lipinski definition) is 1. The van der Waals surface area contributed by atoms with Gasteiger partial charge >= 0.3 is 0 Å². The number of aryl methyl sites for hydroxylation is 2. The molecule has 0 amide bonds. The molecule has 0 radical (unpaired) electrons. The molecular weight excluding hydrogens is 354 g/mol. The first-order chi connectivity index (χ1) is 12.3. The monoisotopic (exact) mass is 373 g/mol. The maximum Gasteiger partial charge on any atom is 0.225 e. The van der Waals surface area contributed by atoms with Gasteiger partial charge in [0.2, 0.25) is 5.28 Å². The number of ether oxygens (including phenoxy) is 1. The summed E-state index contributed by atoms with van der Waals surface area (Å²) in [5.74, 6) is 1.59. The normalized spacial score (nSPS) is 14.2. The summed E-state index contributed by atoms with van der Waals surface area (Å²) >= 11 is 7.96. The van der Waals surface area contributed by atoms with Crippen molar-refractivity contribution in [3.05, 3.63) is 40.0 Å². The fraction of sp³-hybridized carbons (Fsp3) is 0.368. The van der Waals surface area contributed by atoms with Gasteiger partial charge in [-0.15, -0.1) is 11.3 Å². The van der Waals surface area contributed by atoms with Crippen molar-refractivity contribution in [1.29, 1.82) is 0 Å². The first kappa shape index (κ1) is 16.6. The van der Waals surface area contributed by atoms with E-state index in [1.54, 1.807) is 11.3 Å². The van der Waals surface area contributed by atoms with Gasteiger partial charge in [-0.2, -0.15) is 4.98 Å². The van der Waals surface area contributed by atoms with Gasteiger partial charge in [0, 0.05) is 4.88 Å². The Kier molecular flexibility index (Phi) is 4.77. The third-order valence-electron chi connectivity index (χ3n) is 4.48. The van der Waals surface area contributed by atoms with E-state index >= 15 is 0 Å². The number of halogens is 1. The van der Waals surface area contributed by atoms with Crippen LogP contribution in [-0.2, 0) is 12.8 Å². The van der Waals surface area contributed by atoms with Gasteiger partial charge in [-0.3, -0.25) is 0 Å². The zero-order valence-electron chi connectivity index (χ0n) is 14.1. The van der Waals surface area contributed by atoms with E-state index in [1.807, 2.05) is 31.2 Å². The molecule has 0 saturated carbocycles. The van der Waals surface area contributed by atoms with Crippen molar-refractivity contribution < 1.29 is 4.74 Å². The molecule has 0 saturated heterocycles. The average Bonchev–Trinajstić information content (AvgIpc) is 2.78. The van der Waals surface area contributed by atoms with E-state index in [0.717, 1.165) is 40.3 Å². The van der Waals surface area contributed by atoms with Crippen molar-refractivity contribution in [2.45, 2.75) is 39.0 Å². The van der Waals surface area contributed by atoms with Crippen molar-refractivity contribution in [2.24, 2.45) is 0 Å². The number of aromatic nitrogens is 2. The van der Waals surface area contributed by atoms with Crippen LogP contribution in [0.1, 0.15) is 36.6 Å². The summed E-state index contributed by atoms with van der Waals surface area (Å²) in [4.78, 5) is 11.4. The second kappa shape index (κ2) is 7.18. The molecular formula is C19H20ClN3OS. The number of nitrogens with one attached hydrogen (secondary N) is 1. The largest absolute Gasteiger partial charge is 0.492 e. The molecule has 4 nitrogen and oxygen atoms in total. The lowest BCUT2D eigenvalue weighted by Gasteiger charge is -2.13. The fourth-order valence-corrected chi connectivity index (χ4v) is 4.86. The zero-order chi connectivity index (χ0) is 17.2. The Hall–Kier alpha value is -1.85. The lowest BCUT2D eigenvalue weighted by Crippen LogP contribution is -2.01. The summed E-state index contributed by atoms with van der Waals surface area (Å²) < 4.78 is 5.73. The molecule has 0 aliphatic heterocycles. The minimum absolute atomic E-state index is 0.278. The predicted molar refractivity (Wildman–Crippen MR) is 105 cm³/mol. The van der Waals surface area contributed by atoms with E-state index in [0.29, 0.717) is 6.61 Å². The molecule has 0 unspecified atom stereocenters. The summed E-state index contributed by atoms with van der Waals surface area (Å²) in [6.07, 6.45) is 5.96. The lowest BCUT2D eigenvalue weighted by atomic mass is 10.1. The molecule has 0 fully saturated rings. The van der Waals surface area contributed by atoms with E-state index in [2.05, 4.69) is 15.3 Å². The number of anilines is 2. The highest BCUT2D eigenvalue weighted by molar-refractivity contribution is 7.19. The Bertz CT molecular complexity index is 909. The highest BCUT2D eigenvalue weighted by atomic mass is 35.5. The molecule has 0 atom stereocenters. The second-order valence-electron chi connectivity index (χ2n) is 6.14. The van der Waals surface area contributed by atoms with Crippen LogP contribution in [0.4, 0.5) is 11.5 Å². The van der Waals surface area contributed by atoms with Crippen molar-refractivity contribution in [3.63, 3.8) is 0 Å². The molecule has 2 aromatic heterocycles. The summed E-state index contributed by atoms with van der Waals surface area (Å²) in [7, 11) is 0. The van der Waals surface area contributed by atoms with Crippen LogP contribution in [0.3, 0.4) is 0 Å². The van der Waals surface area contributed by atoms with Crippen LogP contribution in [-0.4, -0.2) is 16.6 Å². The quantitative estimate of drug-likeness (QED) is 0.466. The molecule has 130 valence electrons. The Morgan fingerprint density at radius 3 is 2.88 bits per heavy atom. The molecule has 1 N–H and O–H groups in total. The van der Waals surface area contributed by atoms with Crippen molar-refractivity contribution in [3.8, 4) is 5.75 Å². The van der Waals surface area contributed by atoms with E-state index in [1.165, 1.54) is 29.7 Å². The summed E-state index contributed by atoms with van der Waals surface area (Å²) in [6.45, 7) is 2.60. The fourth-order valence-electron chi connectivity index (χ4n) is 3.38. The van der Waals surface area contributed by atoms with E-state index in [-0.39, 0.29) is 5.28 Å². The van der Waals surface area contributed by atoms with Crippen LogP contribution >= 0.6 is 22.9 Å². The van der Waals surface area contributed by atoms with Gasteiger partial charge in [0.15, 0.2) is 0 Å². The van der Waals surface area contributed by atoms with Crippen molar-refractivity contribution in [2.75, 3.05) is 11.9 Å². The third kappa shape index (κ3) is 3.31. The molecule has 1 aliphatic carbocycles. The summed E-state index contributed by atoms with van der Waals surface area (Å²) in [5.41, 5.74) is 2.29. The van der Waals surface area contributed by atoms with E-state index in [9.17, 15) is 0 Å². The van der Waals surface area contributed by atoms with Gasteiger partial charge in [-0.05, 0) is 61.9 Å². The molecule has 1 aliphatic rings. The maximum atomic E-state index is 6.20. The van der Waals surface area contributed by atoms with Crippen LogP contribution in [0, 0.1) is 0 Å². The van der Waals surface area contributed by atoms with Crippen LogP contribution in [0.2, 0.25) is 5.28 Å². The summed E-state index contributed by atoms with van der Waals surface area (Å²) in [5, 5.41) is 4.84. The van der Waals surface area contributed by atoms with Crippen LogP contribution in [0.25, 0.3) is 10.2 Å². The van der Waals surface area contributed by atoms with Crippen LogP contribution in [0.5, 0.6) is 5.75 Å². The Morgan fingerprint density at radius 2 is 2.00 bits per heavy atom. The van der Waals surface area contributed by atoms with E-state index in [4.69, 9.17) is 16.3 Å². The topological polar surface area (TPSA) is 47.0 Å². The molecule has 1 aromatic carbocycles. The standard InChI is InChI=1S/C19H20ClN3OS/c1-2-24-14-10-7-6-9-13(14)21-17-16-12-8-4-3-5-11-15(12)25-18(16)23-19(20)22-17/h6-7,9-10H,2-5,8,11H2,1H3,(H,21,22,23). The van der Waals surface area contributed by atoms with Gasteiger partial charge in [0.05, 0.1) is 17.7 Å². The smallest absolute Gasteiger partial charge is 0.225 e. The Labute approximate surface area is 156 Å². The number of nitrogens with zero attached hydrogens (tertiary/aromatic N) is 2. The minimum Gasteiger partial charge on any atom is -0.492 e. The van der Waals surface area contributed by atoms with E-state index < -0.39 is 0 Å². The lowest BCUT2D eigenvalue weighted by molar-refractivity contribution is 0.342. The number of para-hydroxylation sites is 2. The third-order valence-corrected chi connectivity index (χ3v) is 5.83. The first-order valence-electron chi connectivity index (χ1n) is 8.73. The van der Waals surface area contributed by atoms with Gasteiger partial charge in [0.25, 0.3) is 0 Å². The zero-order valence-corrected chi connectivity index (χ0v) is 15.7.